The van der Waals surface area contributed by atoms with Gasteiger partial charge in [-0.1, -0.05) is 37.1 Å². The van der Waals surface area contributed by atoms with E-state index < -0.39 is 0 Å². The third kappa shape index (κ3) is 4.45. The first-order valence-electron chi connectivity index (χ1n) is 12.5. The van der Waals surface area contributed by atoms with E-state index in [2.05, 4.69) is 10.2 Å². The van der Waals surface area contributed by atoms with Gasteiger partial charge in [-0.05, 0) is 67.3 Å². The van der Waals surface area contributed by atoms with E-state index in [4.69, 9.17) is 9.47 Å². The van der Waals surface area contributed by atoms with E-state index in [1.807, 2.05) is 36.4 Å². The highest BCUT2D eigenvalue weighted by Crippen LogP contribution is 2.37. The number of nitrogens with one attached hydrogen (secondary N) is 1. The number of methoxy groups -OCH3 is 2. The van der Waals surface area contributed by atoms with Gasteiger partial charge in [0, 0.05) is 34.8 Å². The highest BCUT2D eigenvalue weighted by atomic mass is 16.5. The van der Waals surface area contributed by atoms with Crippen molar-refractivity contribution in [1.29, 1.82) is 0 Å². The van der Waals surface area contributed by atoms with Crippen LogP contribution in [0.2, 0.25) is 0 Å². The summed E-state index contributed by atoms with van der Waals surface area (Å²) in [5.41, 5.74) is 1.84. The summed E-state index contributed by atoms with van der Waals surface area (Å²) in [7, 11) is 3.10. The van der Waals surface area contributed by atoms with Gasteiger partial charge in [0.25, 0.3) is 11.8 Å². The molecule has 1 N–H and O–H groups in total. The zero-order valence-electron chi connectivity index (χ0n) is 20.4. The highest BCUT2D eigenvalue weighted by molar-refractivity contribution is 6.14. The summed E-state index contributed by atoms with van der Waals surface area (Å²) in [6.07, 6.45) is 7.12. The van der Waals surface area contributed by atoms with Crippen LogP contribution in [0.25, 0.3) is 10.8 Å². The van der Waals surface area contributed by atoms with Crippen molar-refractivity contribution in [1.82, 2.24) is 4.90 Å². The third-order valence-electron chi connectivity index (χ3n) is 7.55. The summed E-state index contributed by atoms with van der Waals surface area (Å²) >= 11 is 0. The van der Waals surface area contributed by atoms with Crippen LogP contribution in [-0.2, 0) is 0 Å². The summed E-state index contributed by atoms with van der Waals surface area (Å²) < 4.78 is 10.6. The Bertz CT molecular complexity index is 1250. The van der Waals surface area contributed by atoms with Gasteiger partial charge in [0.1, 0.15) is 0 Å². The van der Waals surface area contributed by atoms with Crippen molar-refractivity contribution in [2.24, 2.45) is 5.92 Å². The Morgan fingerprint density at radius 1 is 0.857 bits per heavy atom. The molecule has 182 valence electrons. The van der Waals surface area contributed by atoms with Crippen LogP contribution in [-0.4, -0.2) is 43.5 Å². The van der Waals surface area contributed by atoms with Gasteiger partial charge in [-0.3, -0.25) is 9.59 Å². The molecule has 1 saturated carbocycles. The number of amides is 2. The van der Waals surface area contributed by atoms with E-state index >= 15 is 0 Å². The van der Waals surface area contributed by atoms with Crippen molar-refractivity contribution in [3.63, 3.8) is 0 Å². The standard InChI is InChI=1S/C29H32N2O4/c1-34-26-16-13-20(18-27(26)35-2)28(32)30-24-15-14-23(21-10-4-5-11-22(21)24)29(33)31-17-7-9-19-8-3-6-12-25(19)31/h4-5,10-11,13-16,18-19,25H,3,6-9,12,17H2,1-2H3,(H,30,32)/t19-,25?/m1/s1. The number of carbonyl (C=O) groups is 2. The lowest BCUT2D eigenvalue weighted by molar-refractivity contribution is 0.0392. The molecule has 1 heterocycles. The van der Waals surface area contributed by atoms with Gasteiger partial charge in [-0.25, -0.2) is 0 Å². The third-order valence-corrected chi connectivity index (χ3v) is 7.55. The summed E-state index contributed by atoms with van der Waals surface area (Å²) in [6.45, 7) is 0.826. The monoisotopic (exact) mass is 472 g/mol. The smallest absolute Gasteiger partial charge is 0.255 e. The number of ether oxygens (including phenoxy) is 2. The second-order valence-electron chi connectivity index (χ2n) is 9.48. The molecule has 6 heteroatoms. The van der Waals surface area contributed by atoms with Crippen LogP contribution in [0.1, 0.15) is 59.2 Å². The van der Waals surface area contributed by atoms with Gasteiger partial charge in [0.2, 0.25) is 0 Å². The normalized spacial score (nSPS) is 19.7. The van der Waals surface area contributed by atoms with Crippen molar-refractivity contribution in [3.8, 4) is 11.5 Å². The van der Waals surface area contributed by atoms with Crippen LogP contribution in [0.4, 0.5) is 5.69 Å². The number of carbonyl (C=O) groups excluding carboxylic acids is 2. The van der Waals surface area contributed by atoms with Crippen LogP contribution in [0, 0.1) is 5.92 Å². The van der Waals surface area contributed by atoms with Gasteiger partial charge < -0.3 is 19.7 Å². The SMILES string of the molecule is COc1ccc(C(=O)Nc2ccc(C(=O)N3CCC[C@H]4CCCCC43)c3ccccc23)cc1OC. The summed E-state index contributed by atoms with van der Waals surface area (Å²) in [5.74, 6) is 1.54. The second kappa shape index (κ2) is 9.98. The molecule has 0 bridgehead atoms. The molecule has 6 nitrogen and oxygen atoms in total. The van der Waals surface area contributed by atoms with Crippen molar-refractivity contribution >= 4 is 28.3 Å². The molecule has 2 atom stereocenters. The number of anilines is 1. The van der Waals surface area contributed by atoms with Crippen LogP contribution in [0.5, 0.6) is 11.5 Å². The summed E-state index contributed by atoms with van der Waals surface area (Å²) in [5, 5.41) is 4.73. The number of rotatable bonds is 5. The molecule has 5 rings (SSSR count). The quantitative estimate of drug-likeness (QED) is 0.502. The predicted octanol–water partition coefficient (Wildman–Crippen LogP) is 5.90. The molecule has 1 unspecified atom stereocenters. The average Bonchev–Trinajstić information content (AvgIpc) is 2.92. The molecular formula is C29H32N2O4. The van der Waals surface area contributed by atoms with E-state index in [1.54, 1.807) is 32.4 Å². The number of likely N-dealkylation sites (tertiary alicyclic amines) is 1. The Morgan fingerprint density at radius 3 is 2.40 bits per heavy atom. The fourth-order valence-electron chi connectivity index (χ4n) is 5.80. The largest absolute Gasteiger partial charge is 0.493 e. The maximum Gasteiger partial charge on any atom is 0.255 e. The van der Waals surface area contributed by atoms with E-state index in [-0.39, 0.29) is 11.8 Å². The van der Waals surface area contributed by atoms with E-state index in [0.717, 1.165) is 30.2 Å². The number of hydrogen-bond acceptors (Lipinski definition) is 4. The minimum Gasteiger partial charge on any atom is -0.493 e. The molecular weight excluding hydrogens is 440 g/mol. The zero-order valence-corrected chi connectivity index (χ0v) is 20.4. The Labute approximate surface area is 206 Å². The molecule has 2 aliphatic rings. The summed E-state index contributed by atoms with van der Waals surface area (Å²) in [4.78, 5) is 29.0. The van der Waals surface area contributed by atoms with Gasteiger partial charge in [0.15, 0.2) is 11.5 Å². The number of benzene rings is 3. The predicted molar refractivity (Wildman–Crippen MR) is 137 cm³/mol. The van der Waals surface area contributed by atoms with Crippen LogP contribution >= 0.6 is 0 Å². The molecule has 2 fully saturated rings. The highest BCUT2D eigenvalue weighted by Gasteiger charge is 2.36. The maximum absolute atomic E-state index is 13.8. The topological polar surface area (TPSA) is 67.9 Å². The molecule has 1 saturated heterocycles. The van der Waals surface area contributed by atoms with Gasteiger partial charge in [0.05, 0.1) is 14.2 Å². The molecule has 0 spiro atoms. The molecule has 0 aromatic heterocycles. The average molecular weight is 473 g/mol. The van der Waals surface area contributed by atoms with Gasteiger partial charge in [-0.2, -0.15) is 0 Å². The lowest BCUT2D eigenvalue weighted by Crippen LogP contribution is -2.49. The molecule has 2 amide bonds. The second-order valence-corrected chi connectivity index (χ2v) is 9.48. The number of nitrogens with zero attached hydrogens (tertiary/aromatic N) is 1. The number of piperidine rings is 1. The van der Waals surface area contributed by atoms with Gasteiger partial charge >= 0.3 is 0 Å². The zero-order chi connectivity index (χ0) is 24.4. The molecule has 0 radical (unpaired) electrons. The van der Waals surface area contributed by atoms with E-state index in [0.29, 0.717) is 40.3 Å². The number of hydrogen-bond donors (Lipinski definition) is 1. The first-order chi connectivity index (χ1) is 17.1. The molecule has 3 aromatic rings. The van der Waals surface area contributed by atoms with Crippen molar-refractivity contribution in [3.05, 3.63) is 65.7 Å². The van der Waals surface area contributed by atoms with Crippen molar-refractivity contribution in [2.75, 3.05) is 26.1 Å². The Hall–Kier alpha value is -3.54. The minimum absolute atomic E-state index is 0.107. The van der Waals surface area contributed by atoms with Gasteiger partial charge in [-0.15, -0.1) is 0 Å². The minimum atomic E-state index is -0.253. The van der Waals surface area contributed by atoms with Crippen molar-refractivity contribution < 1.29 is 19.1 Å². The maximum atomic E-state index is 13.8. The molecule has 3 aromatic carbocycles. The Kier molecular flexibility index (Phi) is 6.62. The van der Waals surface area contributed by atoms with Crippen LogP contribution in [0.3, 0.4) is 0 Å². The Balaban J connectivity index is 1.44. The van der Waals surface area contributed by atoms with E-state index in [9.17, 15) is 9.59 Å². The lowest BCUT2D eigenvalue weighted by atomic mass is 9.78. The first kappa shape index (κ1) is 23.2. The van der Waals surface area contributed by atoms with E-state index in [1.165, 1.54) is 25.7 Å². The molecule has 1 aliphatic carbocycles. The van der Waals surface area contributed by atoms with Crippen molar-refractivity contribution in [2.45, 2.75) is 44.6 Å². The fourth-order valence-corrected chi connectivity index (χ4v) is 5.80. The first-order valence-corrected chi connectivity index (χ1v) is 12.5. The fraction of sp³-hybridized carbons (Fsp3) is 0.379. The molecule has 35 heavy (non-hydrogen) atoms. The molecule has 1 aliphatic heterocycles. The summed E-state index contributed by atoms with van der Waals surface area (Å²) in [6, 6.07) is 16.9. The lowest BCUT2D eigenvalue weighted by Gasteiger charge is -2.44. The Morgan fingerprint density at radius 2 is 1.60 bits per heavy atom. The van der Waals surface area contributed by atoms with Crippen LogP contribution < -0.4 is 14.8 Å². The van der Waals surface area contributed by atoms with Crippen LogP contribution in [0.15, 0.2) is 54.6 Å². The number of fused-ring (bicyclic) bond motifs is 2.